The number of aryl methyl sites for hydroxylation is 1. The molecule has 0 saturated carbocycles. The van der Waals surface area contributed by atoms with Crippen molar-refractivity contribution < 1.29 is 24.2 Å². The molecule has 0 aromatic heterocycles. The van der Waals surface area contributed by atoms with Crippen LogP contribution in [-0.4, -0.2) is 29.6 Å². The average molecular weight is 406 g/mol. The Hall–Kier alpha value is -3.87. The first-order valence-electron chi connectivity index (χ1n) is 9.43. The van der Waals surface area contributed by atoms with E-state index < -0.39 is 17.8 Å². The van der Waals surface area contributed by atoms with Crippen molar-refractivity contribution in [3.8, 4) is 11.5 Å². The fourth-order valence-electron chi connectivity index (χ4n) is 3.10. The van der Waals surface area contributed by atoms with E-state index in [0.717, 1.165) is 10.5 Å². The molecule has 0 atom stereocenters. The van der Waals surface area contributed by atoms with E-state index in [1.807, 2.05) is 6.92 Å². The van der Waals surface area contributed by atoms with Gasteiger partial charge in [-0.15, -0.1) is 6.58 Å². The number of hydrogen-bond acceptors (Lipinski definition) is 5. The third kappa shape index (κ3) is 4.10. The molecule has 0 unspecified atom stereocenters. The second-order valence-electron chi connectivity index (χ2n) is 6.75. The van der Waals surface area contributed by atoms with Crippen LogP contribution >= 0.6 is 0 Å². The topological polar surface area (TPSA) is 95.9 Å². The Balaban J connectivity index is 2.05. The molecule has 1 fully saturated rings. The highest BCUT2D eigenvalue weighted by molar-refractivity contribution is 6.39. The van der Waals surface area contributed by atoms with Crippen molar-refractivity contribution >= 4 is 29.6 Å². The van der Waals surface area contributed by atoms with E-state index in [1.165, 1.54) is 12.1 Å². The second-order valence-corrected chi connectivity index (χ2v) is 6.75. The molecule has 1 aliphatic heterocycles. The Bertz CT molecular complexity index is 1050. The predicted molar refractivity (Wildman–Crippen MR) is 113 cm³/mol. The second kappa shape index (κ2) is 8.65. The summed E-state index contributed by atoms with van der Waals surface area (Å²) in [4.78, 5) is 38.6. The van der Waals surface area contributed by atoms with Gasteiger partial charge >= 0.3 is 6.03 Å². The van der Waals surface area contributed by atoms with Gasteiger partial charge in [0.15, 0.2) is 11.5 Å². The van der Waals surface area contributed by atoms with Crippen LogP contribution in [0.25, 0.3) is 6.08 Å². The van der Waals surface area contributed by atoms with Gasteiger partial charge in [-0.3, -0.25) is 14.9 Å². The molecule has 1 heterocycles. The van der Waals surface area contributed by atoms with Crippen LogP contribution in [-0.2, 0) is 16.0 Å². The number of barbiturate groups is 1. The van der Waals surface area contributed by atoms with Gasteiger partial charge in [-0.05, 0) is 56.2 Å². The number of ether oxygens (including phenoxy) is 1. The van der Waals surface area contributed by atoms with Crippen molar-refractivity contribution in [2.45, 2.75) is 20.3 Å². The molecule has 7 nitrogen and oxygen atoms in total. The van der Waals surface area contributed by atoms with Crippen molar-refractivity contribution in [2.75, 3.05) is 11.5 Å². The first-order valence-corrected chi connectivity index (χ1v) is 9.43. The van der Waals surface area contributed by atoms with Gasteiger partial charge in [0, 0.05) is 5.56 Å². The van der Waals surface area contributed by atoms with Crippen LogP contribution in [0.1, 0.15) is 23.6 Å². The van der Waals surface area contributed by atoms with Crippen LogP contribution in [0.2, 0.25) is 0 Å². The van der Waals surface area contributed by atoms with E-state index in [0.29, 0.717) is 29.8 Å². The molecule has 4 amide bonds. The number of carbonyl (C=O) groups excluding carboxylic acids is 3. The minimum absolute atomic E-state index is 0.0187. The Morgan fingerprint density at radius 1 is 1.17 bits per heavy atom. The molecule has 7 heteroatoms. The number of phenolic OH excluding ortho intramolecular Hbond substituents is 1. The molecule has 2 aromatic rings. The summed E-state index contributed by atoms with van der Waals surface area (Å²) in [5.41, 5.74) is 2.14. The normalized spacial score (nSPS) is 15.3. The summed E-state index contributed by atoms with van der Waals surface area (Å²) >= 11 is 0. The minimum atomic E-state index is -0.806. The lowest BCUT2D eigenvalue weighted by Crippen LogP contribution is -2.54. The number of phenols is 1. The summed E-state index contributed by atoms with van der Waals surface area (Å²) < 4.78 is 5.46. The third-order valence-corrected chi connectivity index (χ3v) is 4.55. The van der Waals surface area contributed by atoms with E-state index in [1.54, 1.807) is 43.3 Å². The summed E-state index contributed by atoms with van der Waals surface area (Å²) in [6.07, 6.45) is 3.37. The number of benzene rings is 2. The largest absolute Gasteiger partial charge is 0.504 e. The zero-order valence-electron chi connectivity index (χ0n) is 16.8. The number of allylic oxidation sites excluding steroid dienone is 1. The zero-order chi connectivity index (χ0) is 21.8. The van der Waals surface area contributed by atoms with Crippen LogP contribution in [0.3, 0.4) is 0 Å². The molecule has 0 radical (unpaired) electrons. The number of anilines is 1. The maximum absolute atomic E-state index is 13.0. The number of nitrogens with zero attached hydrogens (tertiary/aromatic N) is 1. The molecule has 0 bridgehead atoms. The smallest absolute Gasteiger partial charge is 0.335 e. The van der Waals surface area contributed by atoms with Crippen molar-refractivity contribution in [3.05, 3.63) is 71.3 Å². The summed E-state index contributed by atoms with van der Waals surface area (Å²) in [5, 5.41) is 12.5. The van der Waals surface area contributed by atoms with Crippen LogP contribution in [0.15, 0.2) is 54.6 Å². The Labute approximate surface area is 174 Å². The third-order valence-electron chi connectivity index (χ3n) is 4.55. The van der Waals surface area contributed by atoms with E-state index >= 15 is 0 Å². The van der Waals surface area contributed by atoms with Crippen molar-refractivity contribution in [1.29, 1.82) is 0 Å². The molecule has 3 rings (SSSR count). The molecular formula is C23H22N2O5. The Kier molecular flexibility index (Phi) is 6.01. The fraction of sp³-hybridized carbons (Fsp3) is 0.174. The maximum Gasteiger partial charge on any atom is 0.335 e. The molecule has 1 saturated heterocycles. The molecule has 1 aliphatic rings. The first-order chi connectivity index (χ1) is 14.3. The number of imide groups is 2. The SMILES string of the molecule is C=CCc1cc(/C=C2\C(=O)NC(=O)N(c3ccc(C)cc3)C2=O)cc(OCC)c1O. The maximum atomic E-state index is 13.0. The summed E-state index contributed by atoms with van der Waals surface area (Å²) in [7, 11) is 0. The first kappa shape index (κ1) is 20.9. The van der Waals surface area contributed by atoms with Crippen molar-refractivity contribution in [1.82, 2.24) is 5.32 Å². The number of nitrogens with one attached hydrogen (secondary N) is 1. The molecule has 0 aliphatic carbocycles. The summed E-state index contributed by atoms with van der Waals surface area (Å²) in [5.74, 6) is -1.30. The summed E-state index contributed by atoms with van der Waals surface area (Å²) in [6.45, 7) is 7.67. The Morgan fingerprint density at radius 3 is 2.50 bits per heavy atom. The van der Waals surface area contributed by atoms with Crippen LogP contribution < -0.4 is 15.0 Å². The highest BCUT2D eigenvalue weighted by Crippen LogP contribution is 2.33. The highest BCUT2D eigenvalue weighted by Gasteiger charge is 2.36. The Morgan fingerprint density at radius 2 is 1.87 bits per heavy atom. The van der Waals surface area contributed by atoms with E-state index in [2.05, 4.69) is 11.9 Å². The van der Waals surface area contributed by atoms with Crippen molar-refractivity contribution in [2.24, 2.45) is 0 Å². The van der Waals surface area contributed by atoms with Gasteiger partial charge in [0.05, 0.1) is 12.3 Å². The zero-order valence-corrected chi connectivity index (χ0v) is 16.8. The monoisotopic (exact) mass is 406 g/mol. The lowest BCUT2D eigenvalue weighted by atomic mass is 10.0. The number of urea groups is 1. The van der Waals surface area contributed by atoms with E-state index in [-0.39, 0.29) is 17.1 Å². The lowest BCUT2D eigenvalue weighted by Gasteiger charge is -2.26. The molecule has 0 spiro atoms. The predicted octanol–water partition coefficient (Wildman–Crippen LogP) is 3.49. The average Bonchev–Trinajstić information content (AvgIpc) is 2.70. The van der Waals surface area contributed by atoms with E-state index in [9.17, 15) is 19.5 Å². The number of rotatable bonds is 6. The molecule has 2 N–H and O–H groups in total. The number of aromatic hydroxyl groups is 1. The molecular weight excluding hydrogens is 384 g/mol. The van der Waals surface area contributed by atoms with Crippen LogP contribution in [0.5, 0.6) is 11.5 Å². The van der Waals surface area contributed by atoms with Gasteiger partial charge < -0.3 is 9.84 Å². The van der Waals surface area contributed by atoms with Gasteiger partial charge in [-0.1, -0.05) is 23.8 Å². The molecule has 154 valence electrons. The standard InChI is InChI=1S/C23H22N2O5/c1-4-6-16-11-15(13-19(20(16)26)30-5-2)12-18-21(27)24-23(29)25(22(18)28)17-9-7-14(3)8-10-17/h4,7-13,26H,1,5-6H2,2-3H3,(H,24,27,29)/b18-12+. The summed E-state index contributed by atoms with van der Waals surface area (Å²) in [6, 6.07) is 9.17. The molecule has 2 aromatic carbocycles. The van der Waals surface area contributed by atoms with Crippen LogP contribution in [0, 0.1) is 6.92 Å². The van der Waals surface area contributed by atoms with Gasteiger partial charge in [0.1, 0.15) is 5.57 Å². The van der Waals surface area contributed by atoms with Gasteiger partial charge in [-0.2, -0.15) is 0 Å². The van der Waals surface area contributed by atoms with E-state index in [4.69, 9.17) is 4.74 Å². The van der Waals surface area contributed by atoms with Gasteiger partial charge in [0.25, 0.3) is 11.8 Å². The van der Waals surface area contributed by atoms with Gasteiger partial charge in [-0.25, -0.2) is 9.69 Å². The lowest BCUT2D eigenvalue weighted by molar-refractivity contribution is -0.122. The quantitative estimate of drug-likeness (QED) is 0.435. The number of carbonyl (C=O) groups is 3. The molecule has 30 heavy (non-hydrogen) atoms. The van der Waals surface area contributed by atoms with Crippen LogP contribution in [0.4, 0.5) is 10.5 Å². The fourth-order valence-corrected chi connectivity index (χ4v) is 3.10. The highest BCUT2D eigenvalue weighted by atomic mass is 16.5. The number of amides is 4. The van der Waals surface area contributed by atoms with Gasteiger partial charge in [0.2, 0.25) is 0 Å². The minimum Gasteiger partial charge on any atom is -0.504 e. The van der Waals surface area contributed by atoms with Crippen molar-refractivity contribution in [3.63, 3.8) is 0 Å². The number of hydrogen-bond donors (Lipinski definition) is 2.